The standard InChI is InChI=1S/C16H21FN4/c1-12(2)21-10-7-18-16(21)13-5-8-20(9-6-13)15-4-3-14(17)11-19-15/h3-4,7,10-13H,5-6,8-9H2,1-2H3. The zero-order chi connectivity index (χ0) is 14.8. The molecule has 1 saturated heterocycles. The molecule has 5 heteroatoms. The van der Waals surface area contributed by atoms with Crippen molar-refractivity contribution in [2.45, 2.75) is 38.6 Å². The molecule has 1 aliphatic heterocycles. The second-order valence-electron chi connectivity index (χ2n) is 5.88. The van der Waals surface area contributed by atoms with E-state index in [9.17, 15) is 4.39 Å². The second kappa shape index (κ2) is 5.84. The number of piperidine rings is 1. The molecule has 0 amide bonds. The third kappa shape index (κ3) is 2.91. The number of hydrogen-bond donors (Lipinski definition) is 0. The molecule has 0 spiro atoms. The molecule has 0 aromatic carbocycles. The van der Waals surface area contributed by atoms with E-state index in [1.807, 2.05) is 6.20 Å². The van der Waals surface area contributed by atoms with Gasteiger partial charge in [-0.3, -0.25) is 0 Å². The highest BCUT2D eigenvalue weighted by Gasteiger charge is 2.25. The molecular formula is C16H21FN4. The van der Waals surface area contributed by atoms with Crippen molar-refractivity contribution in [2.75, 3.05) is 18.0 Å². The minimum atomic E-state index is -0.285. The van der Waals surface area contributed by atoms with Gasteiger partial charge in [-0.05, 0) is 38.8 Å². The topological polar surface area (TPSA) is 34.0 Å². The zero-order valence-corrected chi connectivity index (χ0v) is 12.5. The molecule has 0 N–H and O–H groups in total. The van der Waals surface area contributed by atoms with E-state index in [2.05, 4.69) is 39.5 Å². The van der Waals surface area contributed by atoms with E-state index >= 15 is 0 Å². The summed E-state index contributed by atoms with van der Waals surface area (Å²) in [5, 5.41) is 0. The summed E-state index contributed by atoms with van der Waals surface area (Å²) in [7, 11) is 0. The van der Waals surface area contributed by atoms with E-state index in [1.165, 1.54) is 18.1 Å². The number of halogens is 1. The van der Waals surface area contributed by atoms with Crippen LogP contribution in [0.2, 0.25) is 0 Å². The van der Waals surface area contributed by atoms with Gasteiger partial charge in [0.25, 0.3) is 0 Å². The fourth-order valence-corrected chi connectivity index (χ4v) is 3.00. The van der Waals surface area contributed by atoms with Gasteiger partial charge in [-0.25, -0.2) is 14.4 Å². The van der Waals surface area contributed by atoms with Gasteiger partial charge >= 0.3 is 0 Å². The van der Waals surface area contributed by atoms with Crippen LogP contribution in [0, 0.1) is 5.82 Å². The Morgan fingerprint density at radius 1 is 1.19 bits per heavy atom. The molecule has 0 saturated carbocycles. The van der Waals surface area contributed by atoms with Crippen molar-refractivity contribution < 1.29 is 4.39 Å². The minimum absolute atomic E-state index is 0.285. The predicted octanol–water partition coefficient (Wildman–Crippen LogP) is 3.38. The van der Waals surface area contributed by atoms with Crippen LogP contribution in [0.1, 0.15) is 44.5 Å². The van der Waals surface area contributed by atoms with Gasteiger partial charge in [-0.1, -0.05) is 0 Å². The Labute approximate surface area is 124 Å². The van der Waals surface area contributed by atoms with Crippen molar-refractivity contribution in [3.63, 3.8) is 0 Å². The lowest BCUT2D eigenvalue weighted by Gasteiger charge is -2.33. The second-order valence-corrected chi connectivity index (χ2v) is 5.88. The summed E-state index contributed by atoms with van der Waals surface area (Å²) >= 11 is 0. The average molecular weight is 288 g/mol. The summed E-state index contributed by atoms with van der Waals surface area (Å²) in [6.07, 6.45) is 7.36. The highest BCUT2D eigenvalue weighted by molar-refractivity contribution is 5.38. The first kappa shape index (κ1) is 14.0. The molecule has 3 rings (SSSR count). The van der Waals surface area contributed by atoms with E-state index in [0.29, 0.717) is 12.0 Å². The quantitative estimate of drug-likeness (QED) is 0.868. The zero-order valence-electron chi connectivity index (χ0n) is 12.5. The fourth-order valence-electron chi connectivity index (χ4n) is 3.00. The molecule has 21 heavy (non-hydrogen) atoms. The average Bonchev–Trinajstić information content (AvgIpc) is 2.98. The van der Waals surface area contributed by atoms with Gasteiger partial charge in [0.2, 0.25) is 0 Å². The van der Waals surface area contributed by atoms with Gasteiger partial charge in [0.15, 0.2) is 0 Å². The Hall–Kier alpha value is -1.91. The molecule has 0 radical (unpaired) electrons. The third-order valence-corrected chi connectivity index (χ3v) is 4.15. The van der Waals surface area contributed by atoms with Crippen LogP contribution in [0.4, 0.5) is 10.2 Å². The van der Waals surface area contributed by atoms with Crippen LogP contribution >= 0.6 is 0 Å². The van der Waals surface area contributed by atoms with Gasteiger partial charge in [-0.2, -0.15) is 0 Å². The summed E-state index contributed by atoms with van der Waals surface area (Å²) in [5.41, 5.74) is 0. The summed E-state index contributed by atoms with van der Waals surface area (Å²) in [6, 6.07) is 3.67. The smallest absolute Gasteiger partial charge is 0.141 e. The van der Waals surface area contributed by atoms with Crippen molar-refractivity contribution in [3.05, 3.63) is 42.4 Å². The Kier molecular flexibility index (Phi) is 3.90. The monoisotopic (exact) mass is 288 g/mol. The first-order chi connectivity index (χ1) is 10.1. The van der Waals surface area contributed by atoms with Gasteiger partial charge < -0.3 is 9.47 Å². The molecule has 0 atom stereocenters. The van der Waals surface area contributed by atoms with Gasteiger partial charge in [0.1, 0.15) is 17.5 Å². The molecule has 0 unspecified atom stereocenters. The van der Waals surface area contributed by atoms with Gasteiger partial charge in [0, 0.05) is 37.4 Å². The summed E-state index contributed by atoms with van der Waals surface area (Å²) < 4.78 is 15.2. The molecule has 2 aromatic rings. The van der Waals surface area contributed by atoms with Gasteiger partial charge in [0.05, 0.1) is 6.20 Å². The van der Waals surface area contributed by atoms with Crippen molar-refractivity contribution in [3.8, 4) is 0 Å². The SMILES string of the molecule is CC(C)n1ccnc1C1CCN(c2ccc(F)cn2)CC1. The largest absolute Gasteiger partial charge is 0.357 e. The predicted molar refractivity (Wildman–Crippen MR) is 81.0 cm³/mol. The van der Waals surface area contributed by atoms with Crippen LogP contribution in [-0.2, 0) is 0 Å². The van der Waals surface area contributed by atoms with Crippen LogP contribution < -0.4 is 4.90 Å². The third-order valence-electron chi connectivity index (χ3n) is 4.15. The van der Waals surface area contributed by atoms with Crippen molar-refractivity contribution in [1.82, 2.24) is 14.5 Å². The lowest BCUT2D eigenvalue weighted by Crippen LogP contribution is -2.34. The van der Waals surface area contributed by atoms with Crippen LogP contribution in [0.3, 0.4) is 0 Å². The van der Waals surface area contributed by atoms with E-state index < -0.39 is 0 Å². The summed E-state index contributed by atoms with van der Waals surface area (Å²) in [5.74, 6) is 2.27. The van der Waals surface area contributed by atoms with Gasteiger partial charge in [-0.15, -0.1) is 0 Å². The van der Waals surface area contributed by atoms with Crippen LogP contribution in [0.25, 0.3) is 0 Å². The molecule has 1 aliphatic rings. The summed E-state index contributed by atoms with van der Waals surface area (Å²) in [6.45, 7) is 6.24. The van der Waals surface area contributed by atoms with Crippen molar-refractivity contribution in [1.29, 1.82) is 0 Å². The summed E-state index contributed by atoms with van der Waals surface area (Å²) in [4.78, 5) is 10.9. The number of aromatic nitrogens is 3. The number of hydrogen-bond acceptors (Lipinski definition) is 3. The Morgan fingerprint density at radius 2 is 1.95 bits per heavy atom. The van der Waals surface area contributed by atoms with E-state index in [4.69, 9.17) is 0 Å². The number of imidazole rings is 1. The van der Waals surface area contributed by atoms with E-state index in [0.717, 1.165) is 31.7 Å². The molecule has 1 fully saturated rings. The minimum Gasteiger partial charge on any atom is -0.357 e. The van der Waals surface area contributed by atoms with Crippen LogP contribution in [-0.4, -0.2) is 27.6 Å². The fraction of sp³-hybridized carbons (Fsp3) is 0.500. The molecule has 3 heterocycles. The highest BCUT2D eigenvalue weighted by Crippen LogP contribution is 2.30. The maximum absolute atomic E-state index is 12.9. The molecule has 0 aliphatic carbocycles. The maximum Gasteiger partial charge on any atom is 0.141 e. The number of nitrogens with zero attached hydrogens (tertiary/aromatic N) is 4. The lowest BCUT2D eigenvalue weighted by atomic mass is 9.95. The Morgan fingerprint density at radius 3 is 2.57 bits per heavy atom. The first-order valence-electron chi connectivity index (χ1n) is 7.54. The number of pyridine rings is 1. The Balaban J connectivity index is 1.67. The molecular weight excluding hydrogens is 267 g/mol. The molecule has 0 bridgehead atoms. The van der Waals surface area contributed by atoms with Crippen LogP contribution in [0.5, 0.6) is 0 Å². The Bertz CT molecular complexity index is 583. The van der Waals surface area contributed by atoms with E-state index in [-0.39, 0.29) is 5.82 Å². The molecule has 2 aromatic heterocycles. The number of anilines is 1. The molecule has 4 nitrogen and oxygen atoms in total. The first-order valence-corrected chi connectivity index (χ1v) is 7.54. The maximum atomic E-state index is 12.9. The van der Waals surface area contributed by atoms with Crippen LogP contribution in [0.15, 0.2) is 30.7 Å². The lowest BCUT2D eigenvalue weighted by molar-refractivity contribution is 0.448. The molecule has 112 valence electrons. The highest BCUT2D eigenvalue weighted by atomic mass is 19.1. The van der Waals surface area contributed by atoms with Crippen molar-refractivity contribution in [2.24, 2.45) is 0 Å². The van der Waals surface area contributed by atoms with Crippen molar-refractivity contribution >= 4 is 5.82 Å². The normalized spacial score (nSPS) is 16.7. The van der Waals surface area contributed by atoms with E-state index in [1.54, 1.807) is 6.07 Å². The number of rotatable bonds is 3.